The number of aromatic hydroxyl groups is 1. The lowest BCUT2D eigenvalue weighted by atomic mass is 9.99. The maximum atomic E-state index is 11.8. The predicted molar refractivity (Wildman–Crippen MR) is 99.2 cm³/mol. The summed E-state index contributed by atoms with van der Waals surface area (Å²) < 4.78 is 5.45. The molecule has 0 aliphatic heterocycles. The quantitative estimate of drug-likeness (QED) is 0.596. The molecule has 5 nitrogen and oxygen atoms in total. The molecule has 0 radical (unpaired) electrons. The lowest BCUT2D eigenvalue weighted by Gasteiger charge is -2.10. The smallest absolute Gasteiger partial charge is 0.277 e. The number of nitrogens with one attached hydrogen (secondary N) is 1. The van der Waals surface area contributed by atoms with Crippen molar-refractivity contribution in [1.82, 2.24) is 5.43 Å². The zero-order valence-corrected chi connectivity index (χ0v) is 14.8. The lowest BCUT2D eigenvalue weighted by Crippen LogP contribution is -2.24. The summed E-state index contributed by atoms with van der Waals surface area (Å²) in [5.41, 5.74) is 4.93. The summed E-state index contributed by atoms with van der Waals surface area (Å²) >= 11 is 0. The summed E-state index contributed by atoms with van der Waals surface area (Å²) in [6.45, 7) is 6.00. The largest absolute Gasteiger partial charge is 0.507 e. The van der Waals surface area contributed by atoms with E-state index in [9.17, 15) is 9.90 Å². The fraction of sp³-hybridized carbons (Fsp3) is 0.300. The van der Waals surface area contributed by atoms with Gasteiger partial charge in [0.2, 0.25) is 0 Å². The van der Waals surface area contributed by atoms with Gasteiger partial charge in [0.05, 0.1) is 6.21 Å². The van der Waals surface area contributed by atoms with E-state index in [1.165, 1.54) is 11.8 Å². The minimum absolute atomic E-state index is 0.125. The lowest BCUT2D eigenvalue weighted by molar-refractivity contribution is -0.123. The molecule has 2 rings (SSSR count). The molecule has 0 heterocycles. The maximum Gasteiger partial charge on any atom is 0.277 e. The van der Waals surface area contributed by atoms with Gasteiger partial charge in [0.1, 0.15) is 11.5 Å². The molecule has 5 heteroatoms. The summed E-state index contributed by atoms with van der Waals surface area (Å²) in [5.74, 6) is 0.930. The first-order valence-corrected chi connectivity index (χ1v) is 8.34. The number of hydrogen-bond acceptors (Lipinski definition) is 4. The standard InChI is InChI=1S/C20H24N2O3/c1-4-14(2)16-8-10-18(11-9-16)25-13-19(23)22-21-12-17-7-5-6-15(3)20(17)24/h5-12,14,24H,4,13H2,1-3H3,(H,22,23)/b21-12-/t14-/m0/s1. The third kappa shape index (κ3) is 5.35. The number of aryl methyl sites for hydroxylation is 1. The van der Waals surface area contributed by atoms with Crippen LogP contribution in [0.15, 0.2) is 47.6 Å². The molecule has 0 unspecified atom stereocenters. The molecule has 0 saturated heterocycles. The number of ether oxygens (including phenoxy) is 1. The highest BCUT2D eigenvalue weighted by molar-refractivity contribution is 5.85. The number of phenols is 1. The molecule has 25 heavy (non-hydrogen) atoms. The number of phenolic OH excluding ortho intramolecular Hbond substituents is 1. The van der Waals surface area contributed by atoms with Crippen LogP contribution in [-0.2, 0) is 4.79 Å². The Balaban J connectivity index is 1.82. The van der Waals surface area contributed by atoms with Crippen LogP contribution < -0.4 is 10.2 Å². The Morgan fingerprint density at radius 3 is 2.68 bits per heavy atom. The zero-order chi connectivity index (χ0) is 18.2. The number of hydrogen-bond donors (Lipinski definition) is 2. The van der Waals surface area contributed by atoms with Gasteiger partial charge in [-0.15, -0.1) is 0 Å². The summed E-state index contributed by atoms with van der Waals surface area (Å²) in [6.07, 6.45) is 2.48. The van der Waals surface area contributed by atoms with Crippen LogP contribution in [0.5, 0.6) is 11.5 Å². The van der Waals surface area contributed by atoms with Gasteiger partial charge in [-0.3, -0.25) is 4.79 Å². The van der Waals surface area contributed by atoms with E-state index in [4.69, 9.17) is 4.74 Å². The van der Waals surface area contributed by atoms with Crippen LogP contribution in [0, 0.1) is 6.92 Å². The summed E-state index contributed by atoms with van der Waals surface area (Å²) in [7, 11) is 0. The number of rotatable bonds is 7. The van der Waals surface area contributed by atoms with Gasteiger partial charge in [-0.25, -0.2) is 5.43 Å². The van der Waals surface area contributed by atoms with Crippen molar-refractivity contribution in [2.75, 3.05) is 6.61 Å². The molecule has 132 valence electrons. The monoisotopic (exact) mass is 340 g/mol. The van der Waals surface area contributed by atoms with Gasteiger partial charge in [-0.1, -0.05) is 38.1 Å². The van der Waals surface area contributed by atoms with Crippen molar-refractivity contribution < 1.29 is 14.6 Å². The van der Waals surface area contributed by atoms with Crippen LogP contribution in [0.1, 0.15) is 42.9 Å². The molecule has 2 N–H and O–H groups in total. The molecular formula is C20H24N2O3. The van der Waals surface area contributed by atoms with Crippen molar-refractivity contribution in [3.63, 3.8) is 0 Å². The Labute approximate surface area is 148 Å². The van der Waals surface area contributed by atoms with Crippen LogP contribution in [0.3, 0.4) is 0 Å². The summed E-state index contributed by atoms with van der Waals surface area (Å²) in [4.78, 5) is 11.8. The number of carbonyl (C=O) groups is 1. The van der Waals surface area contributed by atoms with Crippen LogP contribution in [0.4, 0.5) is 0 Å². The van der Waals surface area contributed by atoms with E-state index >= 15 is 0 Å². The summed E-state index contributed by atoms with van der Waals surface area (Å²) in [6, 6.07) is 13.1. The van der Waals surface area contributed by atoms with Crippen LogP contribution in [-0.4, -0.2) is 23.8 Å². The SMILES string of the molecule is CC[C@H](C)c1ccc(OCC(=O)N/N=C\c2cccc(C)c2O)cc1. The number of benzene rings is 2. The van der Waals surface area contributed by atoms with Gasteiger partial charge in [0, 0.05) is 5.56 Å². The average molecular weight is 340 g/mol. The number of nitrogens with zero attached hydrogens (tertiary/aromatic N) is 1. The second-order valence-electron chi connectivity index (χ2n) is 5.97. The number of para-hydroxylation sites is 1. The molecule has 0 fully saturated rings. The van der Waals surface area contributed by atoms with Crippen LogP contribution in [0.25, 0.3) is 0 Å². The van der Waals surface area contributed by atoms with E-state index in [0.717, 1.165) is 12.0 Å². The highest BCUT2D eigenvalue weighted by Crippen LogP contribution is 2.21. The highest BCUT2D eigenvalue weighted by Gasteiger charge is 2.05. The van der Waals surface area contributed by atoms with Crippen LogP contribution in [0.2, 0.25) is 0 Å². The van der Waals surface area contributed by atoms with Gasteiger partial charge in [-0.2, -0.15) is 5.10 Å². The molecule has 0 spiro atoms. The van der Waals surface area contributed by atoms with Gasteiger partial charge in [0.15, 0.2) is 6.61 Å². The van der Waals surface area contributed by atoms with Crippen LogP contribution >= 0.6 is 0 Å². The first-order valence-electron chi connectivity index (χ1n) is 8.34. The Morgan fingerprint density at radius 2 is 2.00 bits per heavy atom. The molecule has 2 aromatic carbocycles. The molecule has 0 aromatic heterocycles. The fourth-order valence-corrected chi connectivity index (χ4v) is 2.27. The molecule has 1 amide bonds. The third-order valence-electron chi connectivity index (χ3n) is 4.09. The molecule has 0 aliphatic rings. The van der Waals surface area contributed by atoms with Gasteiger partial charge in [0.25, 0.3) is 5.91 Å². The Hall–Kier alpha value is -2.82. The molecule has 2 aromatic rings. The van der Waals surface area contributed by atoms with E-state index in [0.29, 0.717) is 17.2 Å². The topological polar surface area (TPSA) is 70.9 Å². The van der Waals surface area contributed by atoms with Crippen molar-refractivity contribution >= 4 is 12.1 Å². The van der Waals surface area contributed by atoms with E-state index in [1.54, 1.807) is 19.1 Å². The minimum Gasteiger partial charge on any atom is -0.507 e. The number of carbonyl (C=O) groups excluding carboxylic acids is 1. The van der Waals surface area contributed by atoms with E-state index in [2.05, 4.69) is 24.4 Å². The Kier molecular flexibility index (Phi) is 6.57. The number of amides is 1. The second kappa shape index (κ2) is 8.87. The predicted octanol–water partition coefficient (Wildman–Crippen LogP) is 3.74. The minimum atomic E-state index is -0.366. The van der Waals surface area contributed by atoms with Gasteiger partial charge < -0.3 is 9.84 Å². The van der Waals surface area contributed by atoms with E-state index in [1.807, 2.05) is 30.3 Å². The molecule has 0 aliphatic carbocycles. The molecular weight excluding hydrogens is 316 g/mol. The highest BCUT2D eigenvalue weighted by atomic mass is 16.5. The Bertz CT molecular complexity index is 739. The molecule has 1 atom stereocenters. The van der Waals surface area contributed by atoms with Crippen molar-refractivity contribution in [3.05, 3.63) is 59.2 Å². The van der Waals surface area contributed by atoms with Crippen molar-refractivity contribution in [3.8, 4) is 11.5 Å². The second-order valence-corrected chi connectivity index (χ2v) is 5.97. The van der Waals surface area contributed by atoms with E-state index < -0.39 is 0 Å². The normalized spacial score (nSPS) is 12.1. The average Bonchev–Trinajstić information content (AvgIpc) is 2.63. The summed E-state index contributed by atoms with van der Waals surface area (Å²) in [5, 5.41) is 13.7. The molecule has 0 bridgehead atoms. The van der Waals surface area contributed by atoms with Crippen molar-refractivity contribution in [1.29, 1.82) is 0 Å². The van der Waals surface area contributed by atoms with Gasteiger partial charge in [-0.05, 0) is 48.6 Å². The molecule has 0 saturated carbocycles. The maximum absolute atomic E-state index is 11.8. The fourth-order valence-electron chi connectivity index (χ4n) is 2.27. The number of hydrazone groups is 1. The first-order chi connectivity index (χ1) is 12.0. The first kappa shape index (κ1) is 18.5. The Morgan fingerprint density at radius 1 is 1.28 bits per heavy atom. The van der Waals surface area contributed by atoms with Crippen molar-refractivity contribution in [2.24, 2.45) is 5.10 Å². The van der Waals surface area contributed by atoms with Crippen molar-refractivity contribution in [2.45, 2.75) is 33.1 Å². The van der Waals surface area contributed by atoms with Gasteiger partial charge >= 0.3 is 0 Å². The van der Waals surface area contributed by atoms with E-state index in [-0.39, 0.29) is 18.3 Å². The third-order valence-corrected chi connectivity index (χ3v) is 4.09. The zero-order valence-electron chi connectivity index (χ0n) is 14.8.